The molecule has 17 heavy (non-hydrogen) atoms. The number of hydrogen-bond donors (Lipinski definition) is 2. The number of carbonyl (C=O) groups is 1. The van der Waals surface area contributed by atoms with E-state index < -0.39 is 0 Å². The van der Waals surface area contributed by atoms with Crippen molar-refractivity contribution in [2.75, 3.05) is 6.61 Å². The molecule has 4 nitrogen and oxygen atoms in total. The van der Waals surface area contributed by atoms with Crippen LogP contribution < -0.4 is 11.1 Å². The van der Waals surface area contributed by atoms with Gasteiger partial charge in [0.15, 0.2) is 0 Å². The van der Waals surface area contributed by atoms with Crippen LogP contribution in [0.3, 0.4) is 0 Å². The minimum absolute atomic E-state index is 0.0273. The Labute approximate surface area is 104 Å². The van der Waals surface area contributed by atoms with Gasteiger partial charge in [0.25, 0.3) is 0 Å². The van der Waals surface area contributed by atoms with Gasteiger partial charge in [0.1, 0.15) is 0 Å². The van der Waals surface area contributed by atoms with E-state index in [1.165, 1.54) is 0 Å². The molecular formula is C13H26N2O2. The maximum absolute atomic E-state index is 11.8. The first-order chi connectivity index (χ1) is 8.06. The first-order valence-corrected chi connectivity index (χ1v) is 6.76. The topological polar surface area (TPSA) is 64.4 Å². The fourth-order valence-electron chi connectivity index (χ4n) is 2.39. The summed E-state index contributed by atoms with van der Waals surface area (Å²) >= 11 is 0. The number of hydrogen-bond acceptors (Lipinski definition) is 3. The lowest BCUT2D eigenvalue weighted by Gasteiger charge is -2.40. The Morgan fingerprint density at radius 3 is 2.65 bits per heavy atom. The largest absolute Gasteiger partial charge is 0.375 e. The molecule has 4 heteroatoms. The number of ether oxygens (including phenoxy) is 1. The van der Waals surface area contributed by atoms with Gasteiger partial charge in [0.05, 0.1) is 11.6 Å². The summed E-state index contributed by atoms with van der Waals surface area (Å²) in [6.45, 7) is 6.95. The SMILES string of the molecule is CC[C@@H](N)C(=O)NC1CCOC(CC)(CC)C1. The van der Waals surface area contributed by atoms with Gasteiger partial charge in [-0.3, -0.25) is 4.79 Å². The average molecular weight is 242 g/mol. The molecule has 0 saturated carbocycles. The van der Waals surface area contributed by atoms with E-state index in [-0.39, 0.29) is 23.6 Å². The summed E-state index contributed by atoms with van der Waals surface area (Å²) in [6, 6.07) is -0.163. The Balaban J connectivity index is 2.52. The molecular weight excluding hydrogens is 216 g/mol. The highest BCUT2D eigenvalue weighted by Gasteiger charge is 2.35. The number of nitrogens with one attached hydrogen (secondary N) is 1. The average Bonchev–Trinajstić information content (AvgIpc) is 2.37. The quantitative estimate of drug-likeness (QED) is 0.769. The van der Waals surface area contributed by atoms with E-state index >= 15 is 0 Å². The number of carbonyl (C=O) groups excluding carboxylic acids is 1. The molecule has 0 aromatic heterocycles. The van der Waals surface area contributed by atoms with Crippen LogP contribution in [0.5, 0.6) is 0 Å². The van der Waals surface area contributed by atoms with Gasteiger partial charge >= 0.3 is 0 Å². The molecule has 0 radical (unpaired) electrons. The van der Waals surface area contributed by atoms with Crippen molar-refractivity contribution in [1.82, 2.24) is 5.32 Å². The van der Waals surface area contributed by atoms with Crippen molar-refractivity contribution >= 4 is 5.91 Å². The molecule has 1 aliphatic rings. The highest BCUT2D eigenvalue weighted by molar-refractivity contribution is 5.81. The lowest BCUT2D eigenvalue weighted by atomic mass is 9.86. The maximum atomic E-state index is 11.8. The Bertz CT molecular complexity index is 252. The zero-order chi connectivity index (χ0) is 12.9. The molecule has 0 aliphatic carbocycles. The third-order valence-electron chi connectivity index (χ3n) is 3.90. The lowest BCUT2D eigenvalue weighted by molar-refractivity contribution is -0.127. The monoisotopic (exact) mass is 242 g/mol. The van der Waals surface area contributed by atoms with Gasteiger partial charge in [-0.15, -0.1) is 0 Å². The molecule has 1 fully saturated rings. The standard InChI is InChI=1S/C13H26N2O2/c1-4-11(14)12(16)15-10-7-8-17-13(5-2,6-3)9-10/h10-11H,4-9,14H2,1-3H3,(H,15,16)/t10?,11-/m1/s1. The molecule has 0 aromatic carbocycles. The van der Waals surface area contributed by atoms with Crippen LogP contribution in [0.25, 0.3) is 0 Å². The van der Waals surface area contributed by atoms with Gasteiger partial charge in [-0.05, 0) is 32.1 Å². The Morgan fingerprint density at radius 2 is 2.12 bits per heavy atom. The third kappa shape index (κ3) is 3.68. The van der Waals surface area contributed by atoms with Gasteiger partial charge in [0, 0.05) is 12.6 Å². The van der Waals surface area contributed by atoms with Crippen LogP contribution in [0.4, 0.5) is 0 Å². The van der Waals surface area contributed by atoms with E-state index in [9.17, 15) is 4.79 Å². The van der Waals surface area contributed by atoms with Crippen molar-refractivity contribution in [3.05, 3.63) is 0 Å². The van der Waals surface area contributed by atoms with Crippen molar-refractivity contribution in [1.29, 1.82) is 0 Å². The summed E-state index contributed by atoms with van der Waals surface area (Å²) in [7, 11) is 0. The van der Waals surface area contributed by atoms with Crippen molar-refractivity contribution < 1.29 is 9.53 Å². The van der Waals surface area contributed by atoms with Crippen molar-refractivity contribution in [2.45, 2.75) is 70.6 Å². The van der Waals surface area contributed by atoms with Gasteiger partial charge in [0.2, 0.25) is 5.91 Å². The first-order valence-electron chi connectivity index (χ1n) is 6.76. The predicted octanol–water partition coefficient (Wildman–Crippen LogP) is 1.58. The fourth-order valence-corrected chi connectivity index (χ4v) is 2.39. The minimum Gasteiger partial charge on any atom is -0.375 e. The summed E-state index contributed by atoms with van der Waals surface area (Å²) < 4.78 is 5.88. The van der Waals surface area contributed by atoms with Crippen molar-refractivity contribution in [3.63, 3.8) is 0 Å². The molecule has 1 aliphatic heterocycles. The highest BCUT2D eigenvalue weighted by Crippen LogP contribution is 2.31. The molecule has 1 saturated heterocycles. The smallest absolute Gasteiger partial charge is 0.237 e. The molecule has 1 heterocycles. The molecule has 1 rings (SSSR count). The molecule has 3 N–H and O–H groups in total. The number of amides is 1. The lowest BCUT2D eigenvalue weighted by Crippen LogP contribution is -2.51. The van der Waals surface area contributed by atoms with Crippen LogP contribution in [-0.4, -0.2) is 30.2 Å². The molecule has 1 amide bonds. The zero-order valence-corrected chi connectivity index (χ0v) is 11.3. The van der Waals surface area contributed by atoms with E-state index in [4.69, 9.17) is 10.5 Å². The normalized spacial score (nSPS) is 25.3. The van der Waals surface area contributed by atoms with Crippen LogP contribution in [0.1, 0.15) is 52.9 Å². The Kier molecular flexibility index (Phi) is 5.40. The van der Waals surface area contributed by atoms with Crippen LogP contribution in [0.15, 0.2) is 0 Å². The summed E-state index contributed by atoms with van der Waals surface area (Å²) in [5, 5.41) is 3.05. The zero-order valence-electron chi connectivity index (χ0n) is 11.3. The molecule has 0 aromatic rings. The molecule has 0 spiro atoms. The maximum Gasteiger partial charge on any atom is 0.237 e. The summed E-state index contributed by atoms with van der Waals surface area (Å²) in [6.07, 6.45) is 4.47. The molecule has 100 valence electrons. The predicted molar refractivity (Wildman–Crippen MR) is 68.7 cm³/mol. The van der Waals surface area contributed by atoms with E-state index in [0.29, 0.717) is 6.42 Å². The van der Waals surface area contributed by atoms with Crippen molar-refractivity contribution in [3.8, 4) is 0 Å². The van der Waals surface area contributed by atoms with Crippen molar-refractivity contribution in [2.24, 2.45) is 5.73 Å². The molecule has 1 unspecified atom stereocenters. The minimum atomic E-state index is -0.379. The number of nitrogens with two attached hydrogens (primary N) is 1. The second-order valence-electron chi connectivity index (χ2n) is 4.95. The fraction of sp³-hybridized carbons (Fsp3) is 0.923. The van der Waals surface area contributed by atoms with Gasteiger partial charge < -0.3 is 15.8 Å². The highest BCUT2D eigenvalue weighted by atomic mass is 16.5. The molecule has 0 bridgehead atoms. The summed E-state index contributed by atoms with van der Waals surface area (Å²) in [5.74, 6) is -0.0273. The Hall–Kier alpha value is -0.610. The van der Waals surface area contributed by atoms with E-state index in [1.807, 2.05) is 6.92 Å². The van der Waals surface area contributed by atoms with E-state index in [2.05, 4.69) is 19.2 Å². The van der Waals surface area contributed by atoms with E-state index in [1.54, 1.807) is 0 Å². The van der Waals surface area contributed by atoms with Gasteiger partial charge in [-0.2, -0.15) is 0 Å². The second-order valence-corrected chi connectivity index (χ2v) is 4.95. The summed E-state index contributed by atoms with van der Waals surface area (Å²) in [4.78, 5) is 11.8. The van der Waals surface area contributed by atoms with Crippen LogP contribution in [-0.2, 0) is 9.53 Å². The Morgan fingerprint density at radius 1 is 1.47 bits per heavy atom. The summed E-state index contributed by atoms with van der Waals surface area (Å²) in [5.41, 5.74) is 5.67. The van der Waals surface area contributed by atoms with Gasteiger partial charge in [-0.1, -0.05) is 20.8 Å². The third-order valence-corrected chi connectivity index (χ3v) is 3.90. The van der Waals surface area contributed by atoms with Crippen LogP contribution in [0, 0.1) is 0 Å². The van der Waals surface area contributed by atoms with Crippen LogP contribution in [0.2, 0.25) is 0 Å². The number of rotatable bonds is 5. The first kappa shape index (κ1) is 14.5. The van der Waals surface area contributed by atoms with Gasteiger partial charge in [-0.25, -0.2) is 0 Å². The van der Waals surface area contributed by atoms with E-state index in [0.717, 1.165) is 32.3 Å². The second kappa shape index (κ2) is 6.36. The van der Waals surface area contributed by atoms with Crippen LogP contribution >= 0.6 is 0 Å². The molecule has 2 atom stereocenters.